The molecule has 1 aliphatic rings. The molecule has 1 fully saturated rings. The van der Waals surface area contributed by atoms with E-state index in [1.54, 1.807) is 0 Å². The summed E-state index contributed by atoms with van der Waals surface area (Å²) in [5, 5.41) is 3.10. The molecule has 1 aromatic rings. The zero-order valence-corrected chi connectivity index (χ0v) is 12.5. The minimum Gasteiger partial charge on any atom is -0.372 e. The summed E-state index contributed by atoms with van der Waals surface area (Å²) in [5.41, 5.74) is -0.245. The number of halogens is 1. The molecule has 0 unspecified atom stereocenters. The van der Waals surface area contributed by atoms with E-state index in [4.69, 9.17) is 4.74 Å². The van der Waals surface area contributed by atoms with Gasteiger partial charge in [0.15, 0.2) is 5.82 Å². The predicted octanol–water partition coefficient (Wildman–Crippen LogP) is 2.93. The third kappa shape index (κ3) is 2.54. The van der Waals surface area contributed by atoms with Crippen LogP contribution in [0.2, 0.25) is 0 Å². The Labute approximate surface area is 116 Å². The van der Waals surface area contributed by atoms with E-state index in [-0.39, 0.29) is 5.60 Å². The first kappa shape index (κ1) is 13.0. The second kappa shape index (κ2) is 5.48. The topological polar surface area (TPSA) is 47.0 Å². The Morgan fingerprint density at radius 3 is 2.76 bits per heavy atom. The van der Waals surface area contributed by atoms with Crippen LogP contribution >= 0.6 is 22.6 Å². The van der Waals surface area contributed by atoms with Crippen molar-refractivity contribution in [1.82, 2.24) is 9.97 Å². The molecule has 0 aromatic carbocycles. The van der Waals surface area contributed by atoms with Crippen molar-refractivity contribution in [3.63, 3.8) is 0 Å². The highest BCUT2D eigenvalue weighted by Crippen LogP contribution is 2.40. The normalized spacial score (nSPS) is 18.3. The highest BCUT2D eigenvalue weighted by Gasteiger charge is 2.39. The number of anilines is 1. The summed E-state index contributed by atoms with van der Waals surface area (Å²) in [7, 11) is 1.89. The van der Waals surface area contributed by atoms with Gasteiger partial charge in [-0.2, -0.15) is 0 Å². The molecule has 17 heavy (non-hydrogen) atoms. The van der Waals surface area contributed by atoms with E-state index in [0.717, 1.165) is 28.1 Å². The lowest BCUT2D eigenvalue weighted by Crippen LogP contribution is -2.29. The van der Waals surface area contributed by atoms with Crippen LogP contribution in [0.5, 0.6) is 0 Å². The van der Waals surface area contributed by atoms with Crippen molar-refractivity contribution in [2.75, 3.05) is 19.0 Å². The summed E-state index contributed by atoms with van der Waals surface area (Å²) in [6, 6.07) is 0. The van der Waals surface area contributed by atoms with Crippen LogP contribution in [0.4, 0.5) is 5.82 Å². The molecule has 1 heterocycles. The van der Waals surface area contributed by atoms with Crippen molar-refractivity contribution in [1.29, 1.82) is 0 Å². The van der Waals surface area contributed by atoms with Crippen LogP contribution < -0.4 is 5.32 Å². The van der Waals surface area contributed by atoms with Crippen molar-refractivity contribution in [3.05, 3.63) is 15.6 Å². The standard InChI is InChI=1S/C12H18IN3O/c1-3-17-12(6-4-5-7-12)11-15-8-9(13)10(14-2)16-11/h8H,3-7H2,1-2H3,(H,14,15,16). The lowest BCUT2D eigenvalue weighted by Gasteiger charge is -2.27. The van der Waals surface area contributed by atoms with Gasteiger partial charge in [0.1, 0.15) is 11.4 Å². The van der Waals surface area contributed by atoms with Gasteiger partial charge in [0, 0.05) is 19.9 Å². The van der Waals surface area contributed by atoms with Crippen LogP contribution in [0.1, 0.15) is 38.4 Å². The van der Waals surface area contributed by atoms with Crippen LogP contribution in [0.25, 0.3) is 0 Å². The van der Waals surface area contributed by atoms with Gasteiger partial charge in [-0.1, -0.05) is 0 Å². The third-order valence-electron chi connectivity index (χ3n) is 3.22. The minimum atomic E-state index is -0.245. The number of rotatable bonds is 4. The molecule has 1 aromatic heterocycles. The first-order chi connectivity index (χ1) is 8.22. The van der Waals surface area contributed by atoms with Gasteiger partial charge in [0.05, 0.1) is 3.57 Å². The largest absolute Gasteiger partial charge is 0.372 e. The van der Waals surface area contributed by atoms with Gasteiger partial charge in [-0.25, -0.2) is 9.97 Å². The third-order valence-corrected chi connectivity index (χ3v) is 4.01. The average Bonchev–Trinajstić information content (AvgIpc) is 2.80. The summed E-state index contributed by atoms with van der Waals surface area (Å²) in [6.45, 7) is 2.75. The van der Waals surface area contributed by atoms with Gasteiger partial charge in [-0.15, -0.1) is 0 Å². The van der Waals surface area contributed by atoms with Crippen LogP contribution in [0.15, 0.2) is 6.20 Å². The fourth-order valence-electron chi connectivity index (χ4n) is 2.42. The molecular formula is C12H18IN3O. The van der Waals surface area contributed by atoms with Gasteiger partial charge in [-0.3, -0.25) is 0 Å². The summed E-state index contributed by atoms with van der Waals surface area (Å²) in [5.74, 6) is 1.73. The maximum Gasteiger partial charge on any atom is 0.162 e. The minimum absolute atomic E-state index is 0.245. The van der Waals surface area contributed by atoms with E-state index in [0.29, 0.717) is 6.61 Å². The van der Waals surface area contributed by atoms with E-state index in [2.05, 4.69) is 37.9 Å². The van der Waals surface area contributed by atoms with Gasteiger partial charge in [0.25, 0.3) is 0 Å². The number of hydrogen-bond donors (Lipinski definition) is 1. The van der Waals surface area contributed by atoms with Crippen molar-refractivity contribution >= 4 is 28.4 Å². The maximum absolute atomic E-state index is 5.96. The average molecular weight is 347 g/mol. The zero-order valence-electron chi connectivity index (χ0n) is 10.3. The molecule has 1 saturated carbocycles. The SMILES string of the molecule is CCOC1(c2ncc(I)c(NC)n2)CCCC1. The number of aromatic nitrogens is 2. The summed E-state index contributed by atoms with van der Waals surface area (Å²) < 4.78 is 7.00. The highest BCUT2D eigenvalue weighted by molar-refractivity contribution is 14.1. The van der Waals surface area contributed by atoms with Gasteiger partial charge in [-0.05, 0) is 55.2 Å². The molecule has 0 spiro atoms. The van der Waals surface area contributed by atoms with E-state index < -0.39 is 0 Å². The van der Waals surface area contributed by atoms with Crippen molar-refractivity contribution < 1.29 is 4.74 Å². The van der Waals surface area contributed by atoms with Crippen LogP contribution in [0, 0.1) is 3.57 Å². The number of ether oxygens (including phenoxy) is 1. The van der Waals surface area contributed by atoms with Crippen molar-refractivity contribution in [2.45, 2.75) is 38.2 Å². The van der Waals surface area contributed by atoms with Crippen molar-refractivity contribution in [2.24, 2.45) is 0 Å². The Morgan fingerprint density at radius 1 is 1.47 bits per heavy atom. The maximum atomic E-state index is 5.96. The molecule has 0 amide bonds. The lowest BCUT2D eigenvalue weighted by atomic mass is 10.0. The molecular weight excluding hydrogens is 329 g/mol. The molecule has 1 aliphatic carbocycles. The number of hydrogen-bond acceptors (Lipinski definition) is 4. The molecule has 4 nitrogen and oxygen atoms in total. The Morgan fingerprint density at radius 2 is 2.18 bits per heavy atom. The molecule has 5 heteroatoms. The van der Waals surface area contributed by atoms with Crippen LogP contribution in [-0.2, 0) is 10.3 Å². The second-order valence-electron chi connectivity index (χ2n) is 4.27. The monoisotopic (exact) mass is 347 g/mol. The summed E-state index contributed by atoms with van der Waals surface area (Å²) in [6.07, 6.45) is 6.33. The van der Waals surface area contributed by atoms with Crippen molar-refractivity contribution in [3.8, 4) is 0 Å². The summed E-state index contributed by atoms with van der Waals surface area (Å²) >= 11 is 2.24. The summed E-state index contributed by atoms with van der Waals surface area (Å²) in [4.78, 5) is 9.08. The highest BCUT2D eigenvalue weighted by atomic mass is 127. The van der Waals surface area contributed by atoms with Gasteiger partial charge in [0.2, 0.25) is 0 Å². The second-order valence-corrected chi connectivity index (χ2v) is 5.44. The Kier molecular flexibility index (Phi) is 4.19. The molecule has 94 valence electrons. The van der Waals surface area contributed by atoms with Crippen LogP contribution in [-0.4, -0.2) is 23.6 Å². The van der Waals surface area contributed by atoms with E-state index in [1.165, 1.54) is 12.8 Å². The Bertz CT molecular complexity index is 391. The Hall–Kier alpha value is -0.430. The Balaban J connectivity index is 2.36. The first-order valence-corrected chi connectivity index (χ1v) is 7.14. The molecule has 2 rings (SSSR count). The van der Waals surface area contributed by atoms with Gasteiger partial charge >= 0.3 is 0 Å². The van der Waals surface area contributed by atoms with Gasteiger partial charge < -0.3 is 10.1 Å². The first-order valence-electron chi connectivity index (χ1n) is 6.06. The van der Waals surface area contributed by atoms with Crippen LogP contribution in [0.3, 0.4) is 0 Å². The zero-order chi connectivity index (χ0) is 12.3. The molecule has 1 N–H and O–H groups in total. The fraction of sp³-hybridized carbons (Fsp3) is 0.667. The molecule has 0 bridgehead atoms. The number of nitrogens with one attached hydrogen (secondary N) is 1. The van der Waals surface area contributed by atoms with E-state index in [9.17, 15) is 0 Å². The molecule has 0 saturated heterocycles. The molecule has 0 radical (unpaired) electrons. The number of nitrogens with zero attached hydrogens (tertiary/aromatic N) is 2. The lowest BCUT2D eigenvalue weighted by molar-refractivity contribution is -0.0456. The fourth-order valence-corrected chi connectivity index (χ4v) is 2.95. The molecule has 0 aliphatic heterocycles. The van der Waals surface area contributed by atoms with E-state index >= 15 is 0 Å². The van der Waals surface area contributed by atoms with E-state index in [1.807, 2.05) is 20.2 Å². The molecule has 0 atom stereocenters. The quantitative estimate of drug-likeness (QED) is 0.851. The smallest absolute Gasteiger partial charge is 0.162 e. The predicted molar refractivity (Wildman–Crippen MR) is 76.1 cm³/mol.